The lowest BCUT2D eigenvalue weighted by Gasteiger charge is -2.57. The van der Waals surface area contributed by atoms with Gasteiger partial charge < -0.3 is 52.5 Å². The van der Waals surface area contributed by atoms with Gasteiger partial charge in [-0.2, -0.15) is 0 Å². The Kier molecular flexibility index (Phi) is 10.1. The first-order valence-corrected chi connectivity index (χ1v) is 20.2. The van der Waals surface area contributed by atoms with Gasteiger partial charge in [0.1, 0.15) is 12.2 Å². The van der Waals surface area contributed by atoms with Crippen LogP contribution in [0.5, 0.6) is 0 Å². The molecule has 8 heterocycles. The van der Waals surface area contributed by atoms with Gasteiger partial charge in [0, 0.05) is 45.1 Å². The summed E-state index contributed by atoms with van der Waals surface area (Å²) in [6.07, 6.45) is 5.49. The van der Waals surface area contributed by atoms with Crippen molar-refractivity contribution >= 4 is 0 Å². The Morgan fingerprint density at radius 3 is 1.92 bits per heavy atom. The van der Waals surface area contributed by atoms with Crippen molar-refractivity contribution in [2.24, 2.45) is 0 Å². The molecule has 0 aliphatic carbocycles. The van der Waals surface area contributed by atoms with Crippen LogP contribution in [0.2, 0.25) is 0 Å². The van der Waals surface area contributed by atoms with Crippen LogP contribution >= 0.6 is 0 Å². The second kappa shape index (κ2) is 15.2. The van der Waals surface area contributed by atoms with E-state index in [1.807, 2.05) is 36.4 Å². The summed E-state index contributed by atoms with van der Waals surface area (Å²) in [5.74, 6) is -1.46. The SMILES string of the molecule is O[C@]12C[C@H]3O[C@H]4CC[C@H]5O[C@H]6CCCO[C@@H]6C[C@@H]5O[C@@H]4C[C@@H]3O[C@@H]1C[C@@H]1O[C@@H]3C[C@H](OCc4ccccc4)[C@@H](COCc4ccccc4)O[C@H]3C[C@H]1O2. The first-order chi connectivity index (χ1) is 26.0. The highest BCUT2D eigenvalue weighted by Gasteiger charge is 2.60. The first-order valence-electron chi connectivity index (χ1n) is 20.2. The molecule has 16 atom stereocenters. The molecule has 10 rings (SSSR count). The van der Waals surface area contributed by atoms with Gasteiger partial charge in [0.05, 0.1) is 99.2 Å². The van der Waals surface area contributed by atoms with Crippen molar-refractivity contribution in [3.63, 3.8) is 0 Å². The molecule has 0 spiro atoms. The molecule has 11 nitrogen and oxygen atoms in total. The molecule has 0 unspecified atom stereocenters. The minimum Gasteiger partial charge on any atom is -0.375 e. The Bertz CT molecular complexity index is 1510. The van der Waals surface area contributed by atoms with Crippen LogP contribution < -0.4 is 0 Å². The summed E-state index contributed by atoms with van der Waals surface area (Å²) in [6, 6.07) is 20.4. The topological polar surface area (TPSA) is 113 Å². The summed E-state index contributed by atoms with van der Waals surface area (Å²) in [5.41, 5.74) is 2.23. The third-order valence-corrected chi connectivity index (χ3v) is 13.0. The van der Waals surface area contributed by atoms with Crippen LogP contribution in [0.4, 0.5) is 0 Å². The number of aliphatic hydroxyl groups is 1. The predicted octanol–water partition coefficient (Wildman–Crippen LogP) is 4.78. The standard InChI is InChI=1S/C42H54O11/c43-42-21-39-36(18-33-29(48-39)14-13-28-32(49-33)16-30-27(47-28)12-7-15-45-30)52-41(42)20-37-38(53-42)19-35-34(50-37)17-31(46-23-26-10-5-2-6-11-26)40(51-35)24-44-22-25-8-3-1-4-9-25/h1-6,8-11,27-41,43H,7,12-24H2/t27-,28+,29-,30+,31-,32-,33+,34+,35-,36-,37-,38+,39+,40+,41+,42-/m0/s1. The minimum atomic E-state index is -1.46. The van der Waals surface area contributed by atoms with Crippen molar-refractivity contribution in [1.29, 1.82) is 0 Å². The molecule has 0 aromatic heterocycles. The zero-order valence-electron chi connectivity index (χ0n) is 30.4. The van der Waals surface area contributed by atoms with Gasteiger partial charge in [-0.25, -0.2) is 0 Å². The van der Waals surface area contributed by atoms with Crippen molar-refractivity contribution in [3.05, 3.63) is 71.8 Å². The van der Waals surface area contributed by atoms with E-state index in [2.05, 4.69) is 24.3 Å². The molecular weight excluding hydrogens is 680 g/mol. The Hall–Kier alpha value is -2.00. The minimum absolute atomic E-state index is 0.000567. The van der Waals surface area contributed by atoms with Gasteiger partial charge in [0.25, 0.3) is 0 Å². The third kappa shape index (κ3) is 7.37. The molecule has 11 heteroatoms. The second-order valence-corrected chi connectivity index (χ2v) is 16.6. The summed E-state index contributed by atoms with van der Waals surface area (Å²) in [5, 5.41) is 12.1. The molecule has 8 saturated heterocycles. The summed E-state index contributed by atoms with van der Waals surface area (Å²) < 4.78 is 65.7. The molecule has 8 fully saturated rings. The van der Waals surface area contributed by atoms with Crippen LogP contribution in [0.15, 0.2) is 60.7 Å². The maximum atomic E-state index is 12.1. The monoisotopic (exact) mass is 734 g/mol. The summed E-state index contributed by atoms with van der Waals surface area (Å²) >= 11 is 0. The van der Waals surface area contributed by atoms with Crippen molar-refractivity contribution in [1.82, 2.24) is 0 Å². The molecule has 0 amide bonds. The number of hydrogen-bond donors (Lipinski definition) is 1. The van der Waals surface area contributed by atoms with Gasteiger partial charge in [-0.1, -0.05) is 60.7 Å². The maximum absolute atomic E-state index is 12.1. The number of ether oxygens (including phenoxy) is 10. The Balaban J connectivity index is 0.793. The van der Waals surface area contributed by atoms with Crippen LogP contribution in [-0.2, 0) is 60.6 Å². The Labute approximate surface area is 311 Å². The molecule has 0 saturated carbocycles. The van der Waals surface area contributed by atoms with Gasteiger partial charge in [-0.15, -0.1) is 0 Å². The molecule has 8 aliphatic rings. The maximum Gasteiger partial charge on any atom is 0.195 e. The first kappa shape index (κ1) is 35.4. The molecule has 1 N–H and O–H groups in total. The lowest BCUT2D eigenvalue weighted by molar-refractivity contribution is -0.399. The average Bonchev–Trinajstić information content (AvgIpc) is 3.34. The molecular formula is C42H54O11. The highest BCUT2D eigenvalue weighted by atomic mass is 16.7. The molecule has 2 aromatic rings. The lowest BCUT2D eigenvalue weighted by atomic mass is 9.81. The van der Waals surface area contributed by atoms with Gasteiger partial charge in [-0.3, -0.25) is 0 Å². The van der Waals surface area contributed by atoms with E-state index in [-0.39, 0.29) is 85.5 Å². The van der Waals surface area contributed by atoms with E-state index < -0.39 is 11.9 Å². The quantitative estimate of drug-likeness (QED) is 0.425. The van der Waals surface area contributed by atoms with Crippen LogP contribution in [-0.4, -0.2) is 116 Å². The number of hydrogen-bond acceptors (Lipinski definition) is 11. The summed E-state index contributed by atoms with van der Waals surface area (Å²) in [4.78, 5) is 0. The normalized spacial score (nSPS) is 46.2. The van der Waals surface area contributed by atoms with Gasteiger partial charge in [-0.05, 0) is 36.8 Å². The van der Waals surface area contributed by atoms with E-state index in [4.69, 9.17) is 47.4 Å². The molecule has 53 heavy (non-hydrogen) atoms. The van der Waals surface area contributed by atoms with E-state index in [1.165, 1.54) is 0 Å². The van der Waals surface area contributed by atoms with E-state index in [1.54, 1.807) is 0 Å². The largest absolute Gasteiger partial charge is 0.375 e. The van der Waals surface area contributed by atoms with Crippen LogP contribution in [0.3, 0.4) is 0 Å². The van der Waals surface area contributed by atoms with Crippen molar-refractivity contribution < 1.29 is 52.5 Å². The third-order valence-electron chi connectivity index (χ3n) is 13.0. The highest BCUT2D eigenvalue weighted by molar-refractivity contribution is 5.14. The van der Waals surface area contributed by atoms with Gasteiger partial charge in [0.2, 0.25) is 0 Å². The van der Waals surface area contributed by atoms with Gasteiger partial charge in [0.15, 0.2) is 5.79 Å². The lowest BCUT2D eigenvalue weighted by Crippen LogP contribution is -2.69. The molecule has 0 bridgehead atoms. The van der Waals surface area contributed by atoms with Crippen LogP contribution in [0.1, 0.15) is 75.3 Å². The zero-order valence-corrected chi connectivity index (χ0v) is 30.4. The molecule has 0 radical (unpaired) electrons. The molecule has 288 valence electrons. The van der Waals surface area contributed by atoms with Crippen LogP contribution in [0.25, 0.3) is 0 Å². The number of rotatable bonds is 7. The second-order valence-electron chi connectivity index (χ2n) is 16.6. The van der Waals surface area contributed by atoms with Gasteiger partial charge >= 0.3 is 0 Å². The molecule has 8 aliphatic heterocycles. The van der Waals surface area contributed by atoms with Crippen molar-refractivity contribution in [3.8, 4) is 0 Å². The zero-order chi connectivity index (χ0) is 35.4. The van der Waals surface area contributed by atoms with E-state index in [9.17, 15) is 5.11 Å². The fraction of sp³-hybridized carbons (Fsp3) is 0.714. The fourth-order valence-corrected chi connectivity index (χ4v) is 10.3. The number of fused-ring (bicyclic) bond motifs is 7. The smallest absolute Gasteiger partial charge is 0.195 e. The summed E-state index contributed by atoms with van der Waals surface area (Å²) in [7, 11) is 0. The summed E-state index contributed by atoms with van der Waals surface area (Å²) in [6.45, 7) is 2.19. The molecule has 2 aromatic carbocycles. The van der Waals surface area contributed by atoms with E-state index in [0.29, 0.717) is 45.5 Å². The van der Waals surface area contributed by atoms with Crippen LogP contribution in [0, 0.1) is 0 Å². The Morgan fingerprint density at radius 2 is 1.15 bits per heavy atom. The number of benzene rings is 2. The Morgan fingerprint density at radius 1 is 0.566 bits per heavy atom. The van der Waals surface area contributed by atoms with E-state index in [0.717, 1.165) is 56.3 Å². The highest BCUT2D eigenvalue weighted by Crippen LogP contribution is 2.48. The van der Waals surface area contributed by atoms with Crippen molar-refractivity contribution in [2.45, 2.75) is 175 Å². The average molecular weight is 735 g/mol. The van der Waals surface area contributed by atoms with Crippen molar-refractivity contribution in [2.75, 3.05) is 13.2 Å². The van der Waals surface area contributed by atoms with E-state index >= 15 is 0 Å². The fourth-order valence-electron chi connectivity index (χ4n) is 10.3. The predicted molar refractivity (Wildman–Crippen MR) is 189 cm³/mol.